The Hall–Kier alpha value is -2.82. The van der Waals surface area contributed by atoms with Crippen LogP contribution in [0.2, 0.25) is 0 Å². The second kappa shape index (κ2) is 10.9. The first-order valence-electron chi connectivity index (χ1n) is 10.5. The molecule has 1 heterocycles. The van der Waals surface area contributed by atoms with Gasteiger partial charge < -0.3 is 24.6 Å². The predicted molar refractivity (Wildman–Crippen MR) is 115 cm³/mol. The summed E-state index contributed by atoms with van der Waals surface area (Å²) in [6, 6.07) is 3.69. The SMILES string of the molecule is CO[C@@H]1CN(C)C(=O)c2ccc(NC(=O)CC(F)(F)F)cc2OC[C@@H](C)N(C(C)=O)C[C@@H]1C. The molecular formula is C22H30F3N3O5. The van der Waals surface area contributed by atoms with Gasteiger partial charge in [0.25, 0.3) is 5.91 Å². The minimum Gasteiger partial charge on any atom is -0.491 e. The molecule has 8 nitrogen and oxygen atoms in total. The maximum Gasteiger partial charge on any atom is 0.397 e. The summed E-state index contributed by atoms with van der Waals surface area (Å²) in [6.45, 7) is 5.86. The molecule has 0 aromatic heterocycles. The number of carbonyl (C=O) groups excluding carboxylic acids is 3. The topological polar surface area (TPSA) is 88.2 Å². The van der Waals surface area contributed by atoms with E-state index < -0.39 is 18.5 Å². The third-order valence-corrected chi connectivity index (χ3v) is 5.50. The molecule has 2 rings (SSSR count). The third-order valence-electron chi connectivity index (χ3n) is 5.50. The predicted octanol–water partition coefficient (Wildman–Crippen LogP) is 2.93. The largest absolute Gasteiger partial charge is 0.491 e. The summed E-state index contributed by atoms with van der Waals surface area (Å²) >= 11 is 0. The van der Waals surface area contributed by atoms with Crippen molar-refractivity contribution in [2.24, 2.45) is 5.92 Å². The van der Waals surface area contributed by atoms with Crippen molar-refractivity contribution in [2.45, 2.75) is 45.5 Å². The van der Waals surface area contributed by atoms with Gasteiger partial charge in [-0.3, -0.25) is 14.4 Å². The van der Waals surface area contributed by atoms with Crippen molar-refractivity contribution in [3.05, 3.63) is 23.8 Å². The first-order chi connectivity index (χ1) is 15.3. The number of hydrogen-bond acceptors (Lipinski definition) is 5. The molecule has 0 unspecified atom stereocenters. The molecule has 3 atom stereocenters. The Morgan fingerprint density at radius 3 is 2.48 bits per heavy atom. The van der Waals surface area contributed by atoms with Crippen LogP contribution in [0.15, 0.2) is 18.2 Å². The molecule has 11 heteroatoms. The zero-order valence-electron chi connectivity index (χ0n) is 19.4. The summed E-state index contributed by atoms with van der Waals surface area (Å²) in [4.78, 5) is 40.1. The molecule has 33 heavy (non-hydrogen) atoms. The fourth-order valence-electron chi connectivity index (χ4n) is 3.68. The zero-order chi connectivity index (χ0) is 24.9. The molecule has 0 radical (unpaired) electrons. The van der Waals surface area contributed by atoms with E-state index in [1.54, 1.807) is 26.0 Å². The number of halogens is 3. The van der Waals surface area contributed by atoms with Crippen molar-refractivity contribution < 1.29 is 37.0 Å². The van der Waals surface area contributed by atoms with Crippen LogP contribution in [0, 0.1) is 5.92 Å². The molecule has 1 aliphatic heterocycles. The van der Waals surface area contributed by atoms with E-state index >= 15 is 0 Å². The Morgan fingerprint density at radius 1 is 1.24 bits per heavy atom. The molecule has 184 valence electrons. The minimum absolute atomic E-state index is 0.0356. The molecule has 0 bridgehead atoms. The lowest BCUT2D eigenvalue weighted by atomic mass is 10.0. The molecular weight excluding hydrogens is 443 g/mol. The van der Waals surface area contributed by atoms with E-state index in [1.807, 2.05) is 6.92 Å². The molecule has 1 aromatic carbocycles. The van der Waals surface area contributed by atoms with Gasteiger partial charge in [0, 0.05) is 51.8 Å². The normalized spacial score (nSPS) is 22.5. The van der Waals surface area contributed by atoms with Crippen LogP contribution >= 0.6 is 0 Å². The van der Waals surface area contributed by atoms with Crippen molar-refractivity contribution in [2.75, 3.05) is 39.2 Å². The van der Waals surface area contributed by atoms with Crippen LogP contribution in [0.1, 0.15) is 37.6 Å². The van der Waals surface area contributed by atoms with E-state index in [0.717, 1.165) is 0 Å². The van der Waals surface area contributed by atoms with Crippen LogP contribution in [0.5, 0.6) is 5.75 Å². The van der Waals surface area contributed by atoms with Gasteiger partial charge in [-0.1, -0.05) is 6.92 Å². The highest BCUT2D eigenvalue weighted by atomic mass is 19.4. The minimum atomic E-state index is -4.64. The molecule has 0 spiro atoms. The number of nitrogens with one attached hydrogen (secondary N) is 1. The Labute approximate surface area is 191 Å². The van der Waals surface area contributed by atoms with Gasteiger partial charge in [-0.2, -0.15) is 13.2 Å². The highest BCUT2D eigenvalue weighted by molar-refractivity contribution is 5.98. The molecule has 0 fully saturated rings. The summed E-state index contributed by atoms with van der Waals surface area (Å²) in [5.74, 6) is -1.73. The van der Waals surface area contributed by atoms with Crippen molar-refractivity contribution >= 4 is 23.4 Å². The number of hydrogen-bond donors (Lipinski definition) is 1. The number of alkyl halides is 3. The van der Waals surface area contributed by atoms with Gasteiger partial charge >= 0.3 is 6.18 Å². The average molecular weight is 473 g/mol. The van der Waals surface area contributed by atoms with Crippen molar-refractivity contribution in [1.82, 2.24) is 9.80 Å². The van der Waals surface area contributed by atoms with Gasteiger partial charge in [0.15, 0.2) is 0 Å². The van der Waals surface area contributed by atoms with E-state index in [2.05, 4.69) is 5.32 Å². The Morgan fingerprint density at radius 2 is 1.91 bits per heavy atom. The summed E-state index contributed by atoms with van der Waals surface area (Å²) in [5.41, 5.74) is 0.237. The van der Waals surface area contributed by atoms with Crippen LogP contribution < -0.4 is 10.1 Å². The molecule has 1 aromatic rings. The monoisotopic (exact) mass is 473 g/mol. The van der Waals surface area contributed by atoms with E-state index in [4.69, 9.17) is 9.47 Å². The van der Waals surface area contributed by atoms with Gasteiger partial charge in [0.05, 0.1) is 17.7 Å². The average Bonchev–Trinajstić information content (AvgIpc) is 2.71. The Bertz CT molecular complexity index is 877. The van der Waals surface area contributed by atoms with Crippen LogP contribution in [0.25, 0.3) is 0 Å². The first-order valence-corrected chi connectivity index (χ1v) is 10.5. The molecule has 0 saturated heterocycles. The van der Waals surface area contributed by atoms with Crippen molar-refractivity contribution in [3.8, 4) is 5.75 Å². The number of fused-ring (bicyclic) bond motifs is 1. The standard InChI is InChI=1S/C22H30F3N3O5/c1-13-10-28(15(3)29)14(2)12-33-18-8-16(26-20(30)9-22(23,24)25)6-7-17(18)21(31)27(4)11-19(13)32-5/h6-8,13-14,19H,9-12H2,1-5H3,(H,26,30)/t13-,14+,19+/m0/s1. The second-order valence-electron chi connectivity index (χ2n) is 8.32. The van der Waals surface area contributed by atoms with Crippen LogP contribution in [0.4, 0.5) is 18.9 Å². The zero-order valence-corrected chi connectivity index (χ0v) is 19.4. The Balaban J connectivity index is 2.40. The maximum absolute atomic E-state index is 13.1. The number of rotatable bonds is 3. The number of likely N-dealkylation sites (N-methyl/N-ethyl adjacent to an activating group) is 1. The van der Waals surface area contributed by atoms with Gasteiger partial charge in [-0.05, 0) is 19.1 Å². The molecule has 3 amide bonds. The van der Waals surface area contributed by atoms with Gasteiger partial charge in [0.2, 0.25) is 11.8 Å². The quantitative estimate of drug-likeness (QED) is 0.730. The first kappa shape index (κ1) is 26.4. The molecule has 1 N–H and O–H groups in total. The lowest BCUT2D eigenvalue weighted by Crippen LogP contribution is -2.48. The number of methoxy groups -OCH3 is 1. The van der Waals surface area contributed by atoms with E-state index in [9.17, 15) is 27.6 Å². The van der Waals surface area contributed by atoms with E-state index in [-0.39, 0.29) is 60.0 Å². The van der Waals surface area contributed by atoms with Crippen molar-refractivity contribution in [1.29, 1.82) is 0 Å². The van der Waals surface area contributed by atoms with E-state index in [1.165, 1.54) is 30.0 Å². The Kier molecular flexibility index (Phi) is 8.70. The number of benzene rings is 1. The summed E-state index contributed by atoms with van der Waals surface area (Å²) in [7, 11) is 3.14. The number of carbonyl (C=O) groups is 3. The smallest absolute Gasteiger partial charge is 0.397 e. The maximum atomic E-state index is 13.1. The number of ether oxygens (including phenoxy) is 2. The molecule has 0 saturated carbocycles. The van der Waals surface area contributed by atoms with E-state index in [0.29, 0.717) is 6.54 Å². The van der Waals surface area contributed by atoms with Gasteiger partial charge in [-0.15, -0.1) is 0 Å². The fourth-order valence-corrected chi connectivity index (χ4v) is 3.68. The number of nitrogens with zero attached hydrogens (tertiary/aromatic N) is 2. The lowest BCUT2D eigenvalue weighted by Gasteiger charge is -2.35. The number of amides is 3. The van der Waals surface area contributed by atoms with Crippen LogP contribution in [-0.2, 0) is 14.3 Å². The third kappa shape index (κ3) is 7.34. The second-order valence-corrected chi connectivity index (χ2v) is 8.32. The van der Waals surface area contributed by atoms with Gasteiger partial charge in [0.1, 0.15) is 18.8 Å². The lowest BCUT2D eigenvalue weighted by molar-refractivity contribution is -0.150. The summed E-state index contributed by atoms with van der Waals surface area (Å²) in [6.07, 6.45) is -6.61. The highest BCUT2D eigenvalue weighted by Gasteiger charge is 2.32. The summed E-state index contributed by atoms with van der Waals surface area (Å²) in [5, 5.41) is 2.17. The van der Waals surface area contributed by atoms with Crippen LogP contribution in [0.3, 0.4) is 0 Å². The molecule has 0 aliphatic carbocycles. The van der Waals surface area contributed by atoms with Crippen LogP contribution in [-0.4, -0.2) is 79.7 Å². The van der Waals surface area contributed by atoms with Crippen molar-refractivity contribution in [3.63, 3.8) is 0 Å². The van der Waals surface area contributed by atoms with Gasteiger partial charge in [-0.25, -0.2) is 0 Å². The highest BCUT2D eigenvalue weighted by Crippen LogP contribution is 2.28. The fraction of sp³-hybridized carbons (Fsp3) is 0.591. The number of anilines is 1. The molecule has 1 aliphatic rings. The summed E-state index contributed by atoms with van der Waals surface area (Å²) < 4.78 is 48.9.